The zero-order valence-electron chi connectivity index (χ0n) is 13.2. The second-order valence-electron chi connectivity index (χ2n) is 6.51. The van der Waals surface area contributed by atoms with Crippen molar-refractivity contribution in [1.29, 1.82) is 0 Å². The topological polar surface area (TPSA) is 44.8 Å². The number of ether oxygens (including phenoxy) is 1. The summed E-state index contributed by atoms with van der Waals surface area (Å²) in [6, 6.07) is 0. The zero-order chi connectivity index (χ0) is 14.6. The number of nitrogens with one attached hydrogen (secondary N) is 1. The first-order valence-electron chi connectivity index (χ1n) is 7.80. The van der Waals surface area contributed by atoms with Gasteiger partial charge in [0, 0.05) is 46.4 Å². The Bertz CT molecular complexity index is 325. The lowest BCUT2D eigenvalue weighted by Crippen LogP contribution is -2.61. The van der Waals surface area contributed by atoms with Gasteiger partial charge in [0.15, 0.2) is 0 Å². The van der Waals surface area contributed by atoms with Crippen molar-refractivity contribution in [2.24, 2.45) is 5.92 Å². The first-order chi connectivity index (χ1) is 9.55. The van der Waals surface area contributed by atoms with Gasteiger partial charge in [-0.05, 0) is 32.6 Å². The zero-order valence-corrected chi connectivity index (χ0v) is 13.2. The van der Waals surface area contributed by atoms with Crippen LogP contribution in [0.4, 0.5) is 0 Å². The summed E-state index contributed by atoms with van der Waals surface area (Å²) in [5.41, 5.74) is -0.392. The highest BCUT2D eigenvalue weighted by Gasteiger charge is 2.39. The van der Waals surface area contributed by atoms with Crippen LogP contribution in [0.3, 0.4) is 0 Å². The number of methoxy groups -OCH3 is 1. The van der Waals surface area contributed by atoms with Crippen molar-refractivity contribution in [2.75, 3.05) is 53.0 Å². The first kappa shape index (κ1) is 15.7. The molecule has 2 aliphatic rings. The molecule has 2 heterocycles. The van der Waals surface area contributed by atoms with Crippen LogP contribution in [0.5, 0.6) is 0 Å². The minimum Gasteiger partial charge on any atom is -0.384 e. The summed E-state index contributed by atoms with van der Waals surface area (Å²) in [6.07, 6.45) is 2.27. The minimum atomic E-state index is -0.392. The molecule has 0 aromatic heterocycles. The van der Waals surface area contributed by atoms with Gasteiger partial charge in [0.1, 0.15) is 0 Å². The molecule has 2 saturated heterocycles. The molecule has 0 aromatic rings. The maximum absolute atomic E-state index is 12.9. The number of nitrogens with zero attached hydrogens (tertiary/aromatic N) is 2. The van der Waals surface area contributed by atoms with Crippen LogP contribution in [-0.4, -0.2) is 74.2 Å². The van der Waals surface area contributed by atoms with E-state index in [4.69, 9.17) is 4.74 Å². The Labute approximate surface area is 122 Å². The number of hydrogen-bond donors (Lipinski definition) is 1. The molecular formula is C15H29N3O2. The van der Waals surface area contributed by atoms with Crippen LogP contribution in [0.1, 0.15) is 26.7 Å². The highest BCUT2D eigenvalue weighted by Crippen LogP contribution is 2.23. The van der Waals surface area contributed by atoms with E-state index < -0.39 is 5.54 Å². The molecule has 1 amide bonds. The van der Waals surface area contributed by atoms with Crippen molar-refractivity contribution >= 4 is 5.91 Å². The van der Waals surface area contributed by atoms with Gasteiger partial charge in [-0.15, -0.1) is 0 Å². The highest BCUT2D eigenvalue weighted by atomic mass is 16.5. The lowest BCUT2D eigenvalue weighted by molar-refractivity contribution is -0.145. The van der Waals surface area contributed by atoms with Gasteiger partial charge in [-0.3, -0.25) is 9.69 Å². The predicted molar refractivity (Wildman–Crippen MR) is 79.7 cm³/mol. The van der Waals surface area contributed by atoms with Crippen LogP contribution < -0.4 is 5.32 Å². The number of carbonyl (C=O) groups is 1. The van der Waals surface area contributed by atoms with Gasteiger partial charge in [0.25, 0.3) is 0 Å². The number of piperidine rings is 1. The normalized spacial score (nSPS) is 25.8. The summed E-state index contributed by atoms with van der Waals surface area (Å²) in [5.74, 6) is 0.775. The summed E-state index contributed by atoms with van der Waals surface area (Å²) in [5, 5.41) is 3.35. The molecule has 2 rings (SSSR count). The Balaban J connectivity index is 1.97. The molecule has 0 aromatic carbocycles. The third kappa shape index (κ3) is 3.51. The molecule has 0 aliphatic carbocycles. The second kappa shape index (κ2) is 6.87. The number of likely N-dealkylation sites (tertiary alicyclic amines) is 1. The molecule has 0 spiro atoms. The molecule has 1 N–H and O–H groups in total. The SMILES string of the molecule is COCC1CCCN(C(=O)C(C)(C)N2CCNCC2)C1. The van der Waals surface area contributed by atoms with E-state index in [1.54, 1.807) is 7.11 Å². The maximum atomic E-state index is 12.9. The maximum Gasteiger partial charge on any atom is 0.242 e. The molecule has 1 unspecified atom stereocenters. The van der Waals surface area contributed by atoms with Crippen LogP contribution in [-0.2, 0) is 9.53 Å². The van der Waals surface area contributed by atoms with E-state index >= 15 is 0 Å². The fourth-order valence-corrected chi connectivity index (χ4v) is 3.37. The Hall–Kier alpha value is -0.650. The molecule has 116 valence electrons. The van der Waals surface area contributed by atoms with Crippen molar-refractivity contribution in [3.63, 3.8) is 0 Å². The summed E-state index contributed by atoms with van der Waals surface area (Å²) >= 11 is 0. The molecule has 0 saturated carbocycles. The fraction of sp³-hybridized carbons (Fsp3) is 0.933. The Morgan fingerprint density at radius 3 is 2.65 bits per heavy atom. The summed E-state index contributed by atoms with van der Waals surface area (Å²) < 4.78 is 5.25. The van der Waals surface area contributed by atoms with E-state index in [2.05, 4.69) is 29.0 Å². The van der Waals surface area contributed by atoms with E-state index in [1.165, 1.54) is 6.42 Å². The Kier molecular flexibility index (Phi) is 5.41. The number of rotatable bonds is 4. The van der Waals surface area contributed by atoms with Gasteiger partial charge in [0.05, 0.1) is 12.1 Å². The van der Waals surface area contributed by atoms with Crippen LogP contribution in [0.2, 0.25) is 0 Å². The van der Waals surface area contributed by atoms with E-state index in [9.17, 15) is 4.79 Å². The fourth-order valence-electron chi connectivity index (χ4n) is 3.37. The standard InChI is InChI=1S/C15H29N3O2/c1-15(2,18-9-6-16-7-10-18)14(19)17-8-4-5-13(11-17)12-20-3/h13,16H,4-12H2,1-3H3. The van der Waals surface area contributed by atoms with E-state index in [-0.39, 0.29) is 5.91 Å². The van der Waals surface area contributed by atoms with Gasteiger partial charge in [-0.2, -0.15) is 0 Å². The Morgan fingerprint density at radius 1 is 1.30 bits per heavy atom. The number of hydrogen-bond acceptors (Lipinski definition) is 4. The third-order valence-corrected chi connectivity index (χ3v) is 4.64. The smallest absolute Gasteiger partial charge is 0.242 e. The number of amides is 1. The van der Waals surface area contributed by atoms with Gasteiger partial charge in [-0.25, -0.2) is 0 Å². The molecular weight excluding hydrogens is 254 g/mol. The molecule has 0 bridgehead atoms. The summed E-state index contributed by atoms with van der Waals surface area (Å²) in [4.78, 5) is 17.3. The highest BCUT2D eigenvalue weighted by molar-refractivity contribution is 5.85. The van der Waals surface area contributed by atoms with E-state index in [1.807, 2.05) is 0 Å². The molecule has 2 aliphatic heterocycles. The second-order valence-corrected chi connectivity index (χ2v) is 6.51. The van der Waals surface area contributed by atoms with Crippen molar-refractivity contribution in [3.8, 4) is 0 Å². The van der Waals surface area contributed by atoms with Gasteiger partial charge >= 0.3 is 0 Å². The van der Waals surface area contributed by atoms with Crippen LogP contribution in [0, 0.1) is 5.92 Å². The van der Waals surface area contributed by atoms with Crippen LogP contribution in [0.25, 0.3) is 0 Å². The lowest BCUT2D eigenvalue weighted by atomic mass is 9.94. The van der Waals surface area contributed by atoms with Gasteiger partial charge in [-0.1, -0.05) is 0 Å². The van der Waals surface area contributed by atoms with Gasteiger partial charge in [0.2, 0.25) is 5.91 Å². The molecule has 1 atom stereocenters. The van der Waals surface area contributed by atoms with Crippen molar-refractivity contribution in [3.05, 3.63) is 0 Å². The van der Waals surface area contributed by atoms with E-state index in [0.29, 0.717) is 5.92 Å². The predicted octanol–water partition coefficient (Wildman–Crippen LogP) is 0.555. The lowest BCUT2D eigenvalue weighted by Gasteiger charge is -2.44. The van der Waals surface area contributed by atoms with Gasteiger partial charge < -0.3 is 15.0 Å². The minimum absolute atomic E-state index is 0.278. The average Bonchev–Trinajstić information content (AvgIpc) is 2.48. The molecule has 5 nitrogen and oxygen atoms in total. The Morgan fingerprint density at radius 2 is 2.00 bits per heavy atom. The molecule has 0 radical (unpaired) electrons. The quantitative estimate of drug-likeness (QED) is 0.819. The van der Waals surface area contributed by atoms with Crippen molar-refractivity contribution in [1.82, 2.24) is 15.1 Å². The average molecular weight is 283 g/mol. The number of piperazine rings is 1. The largest absolute Gasteiger partial charge is 0.384 e. The van der Waals surface area contributed by atoms with E-state index in [0.717, 1.165) is 52.3 Å². The van der Waals surface area contributed by atoms with Crippen molar-refractivity contribution in [2.45, 2.75) is 32.2 Å². The molecule has 20 heavy (non-hydrogen) atoms. The number of carbonyl (C=O) groups excluding carboxylic acids is 1. The first-order valence-corrected chi connectivity index (χ1v) is 7.80. The third-order valence-electron chi connectivity index (χ3n) is 4.64. The van der Waals surface area contributed by atoms with Crippen LogP contribution >= 0.6 is 0 Å². The van der Waals surface area contributed by atoms with Crippen molar-refractivity contribution < 1.29 is 9.53 Å². The monoisotopic (exact) mass is 283 g/mol. The summed E-state index contributed by atoms with van der Waals surface area (Å²) in [6.45, 7) is 10.5. The summed E-state index contributed by atoms with van der Waals surface area (Å²) in [7, 11) is 1.74. The molecule has 2 fully saturated rings. The molecule has 5 heteroatoms. The van der Waals surface area contributed by atoms with Crippen LogP contribution in [0.15, 0.2) is 0 Å².